The Hall–Kier alpha value is -1.63. The molecule has 0 saturated carbocycles. The molecule has 102 valence electrons. The first-order chi connectivity index (χ1) is 9.61. The van der Waals surface area contributed by atoms with Gasteiger partial charge in [0.25, 0.3) is 5.91 Å². The van der Waals surface area contributed by atoms with E-state index < -0.39 is 0 Å². The number of thiazole rings is 1. The number of nitrogens with zero attached hydrogens (tertiary/aromatic N) is 1. The highest BCUT2D eigenvalue weighted by molar-refractivity contribution is 7.20. The van der Waals surface area contributed by atoms with E-state index in [1.165, 1.54) is 22.7 Å². The van der Waals surface area contributed by atoms with Gasteiger partial charge in [-0.05, 0) is 31.2 Å². The van der Waals surface area contributed by atoms with Gasteiger partial charge in [-0.3, -0.25) is 10.1 Å². The summed E-state index contributed by atoms with van der Waals surface area (Å²) < 4.78 is 5.97. The topological polar surface area (TPSA) is 55.1 Å². The van der Waals surface area contributed by atoms with Crippen LogP contribution in [0.1, 0.15) is 16.3 Å². The quantitative estimate of drug-likeness (QED) is 0.761. The highest BCUT2D eigenvalue weighted by Gasteiger charge is 2.13. The summed E-state index contributed by atoms with van der Waals surface area (Å²) in [5.74, 6) is 0.671. The molecule has 0 aliphatic heterocycles. The molecule has 0 fully saturated rings. The number of carbonyl (C=O) groups is 1. The lowest BCUT2D eigenvalue weighted by Crippen LogP contribution is -2.10. The summed E-state index contributed by atoms with van der Waals surface area (Å²) in [5, 5.41) is 5.13. The van der Waals surface area contributed by atoms with Gasteiger partial charge >= 0.3 is 0 Å². The smallest absolute Gasteiger partial charge is 0.293 e. The number of rotatable bonds is 3. The van der Waals surface area contributed by atoms with E-state index in [4.69, 9.17) is 16.0 Å². The zero-order valence-corrected chi connectivity index (χ0v) is 12.7. The van der Waals surface area contributed by atoms with Crippen molar-refractivity contribution in [2.24, 2.45) is 0 Å². The number of hydrogen-bond donors (Lipinski definition) is 1. The third kappa shape index (κ3) is 2.77. The molecule has 4 nitrogen and oxygen atoms in total. The second-order valence-electron chi connectivity index (χ2n) is 4.01. The predicted molar refractivity (Wildman–Crippen MR) is 81.8 cm³/mol. The molecule has 0 aliphatic rings. The van der Waals surface area contributed by atoms with Crippen molar-refractivity contribution in [1.29, 1.82) is 0 Å². The minimum absolute atomic E-state index is 0.276. The molecule has 1 N–H and O–H groups in total. The summed E-state index contributed by atoms with van der Waals surface area (Å²) in [4.78, 5) is 17.3. The average Bonchev–Trinajstić information content (AvgIpc) is 3.10. The summed E-state index contributed by atoms with van der Waals surface area (Å²) in [5.41, 5.74) is 0.804. The summed E-state index contributed by atoms with van der Waals surface area (Å²) in [6.07, 6.45) is 0. The van der Waals surface area contributed by atoms with Crippen molar-refractivity contribution in [3.05, 3.63) is 45.5 Å². The number of thiophene rings is 1. The predicted octanol–water partition coefficient (Wildman–Crippen LogP) is 4.68. The van der Waals surface area contributed by atoms with Gasteiger partial charge in [0.1, 0.15) is 5.76 Å². The Balaban J connectivity index is 1.76. The lowest BCUT2D eigenvalue weighted by molar-refractivity contribution is 0.0995. The zero-order chi connectivity index (χ0) is 14.1. The van der Waals surface area contributed by atoms with Crippen LogP contribution in [0.25, 0.3) is 10.6 Å². The average molecular weight is 325 g/mol. The standard InChI is InChI=1S/C13H9ClN2O2S2/c1-7-2-3-9(18-7)12(17)16-13-15-8(6-19-13)10-4-5-11(14)20-10/h2-6H,1H3,(H,15,16,17). The van der Waals surface area contributed by atoms with Gasteiger partial charge in [0.2, 0.25) is 0 Å². The second kappa shape index (κ2) is 5.40. The summed E-state index contributed by atoms with van der Waals surface area (Å²) in [6, 6.07) is 7.11. The molecule has 3 aromatic heterocycles. The Morgan fingerprint density at radius 1 is 1.35 bits per heavy atom. The van der Waals surface area contributed by atoms with Crippen LogP contribution in [0.4, 0.5) is 5.13 Å². The van der Waals surface area contributed by atoms with Crippen molar-refractivity contribution < 1.29 is 9.21 Å². The fraction of sp³-hybridized carbons (Fsp3) is 0.0769. The number of nitrogens with one attached hydrogen (secondary N) is 1. The van der Waals surface area contributed by atoms with E-state index in [0.29, 0.717) is 15.2 Å². The van der Waals surface area contributed by atoms with Gasteiger partial charge in [-0.1, -0.05) is 11.6 Å². The number of anilines is 1. The summed E-state index contributed by atoms with van der Waals surface area (Å²) >= 11 is 8.71. The van der Waals surface area contributed by atoms with E-state index in [1.54, 1.807) is 19.1 Å². The van der Waals surface area contributed by atoms with E-state index in [1.807, 2.05) is 17.5 Å². The molecule has 0 atom stereocenters. The van der Waals surface area contributed by atoms with Gasteiger partial charge in [-0.25, -0.2) is 4.98 Å². The largest absolute Gasteiger partial charge is 0.456 e. The molecule has 1 amide bonds. The Labute approximate surface area is 128 Å². The summed E-state index contributed by atoms with van der Waals surface area (Å²) in [6.45, 7) is 1.79. The Morgan fingerprint density at radius 3 is 2.85 bits per heavy atom. The molecular formula is C13H9ClN2O2S2. The molecule has 3 aromatic rings. The molecule has 20 heavy (non-hydrogen) atoms. The van der Waals surface area contributed by atoms with Crippen LogP contribution in [0.2, 0.25) is 4.34 Å². The maximum atomic E-state index is 11.9. The van der Waals surface area contributed by atoms with Crippen molar-refractivity contribution in [2.45, 2.75) is 6.92 Å². The van der Waals surface area contributed by atoms with Crippen LogP contribution < -0.4 is 5.32 Å². The Morgan fingerprint density at radius 2 is 2.20 bits per heavy atom. The first kappa shape index (κ1) is 13.4. The number of carbonyl (C=O) groups excluding carboxylic acids is 1. The van der Waals surface area contributed by atoms with E-state index in [-0.39, 0.29) is 11.7 Å². The fourth-order valence-corrected chi connectivity index (χ4v) is 3.40. The molecule has 3 rings (SSSR count). The molecule has 0 unspecified atom stereocenters. The van der Waals surface area contributed by atoms with Crippen LogP contribution in [0, 0.1) is 6.92 Å². The third-order valence-corrected chi connectivity index (χ3v) is 4.53. The van der Waals surface area contributed by atoms with Crippen LogP contribution in [-0.2, 0) is 0 Å². The van der Waals surface area contributed by atoms with E-state index in [0.717, 1.165) is 10.6 Å². The van der Waals surface area contributed by atoms with Crippen LogP contribution in [0.15, 0.2) is 34.1 Å². The lowest BCUT2D eigenvalue weighted by Gasteiger charge is -1.97. The van der Waals surface area contributed by atoms with Gasteiger partial charge in [-0.15, -0.1) is 22.7 Å². The Bertz CT molecular complexity index is 760. The zero-order valence-electron chi connectivity index (χ0n) is 10.3. The van der Waals surface area contributed by atoms with Crippen LogP contribution in [0.3, 0.4) is 0 Å². The van der Waals surface area contributed by atoms with Gasteiger partial charge in [0.15, 0.2) is 10.9 Å². The fourth-order valence-electron chi connectivity index (χ4n) is 1.61. The van der Waals surface area contributed by atoms with Gasteiger partial charge in [0, 0.05) is 5.38 Å². The van der Waals surface area contributed by atoms with E-state index in [2.05, 4.69) is 10.3 Å². The van der Waals surface area contributed by atoms with Crippen molar-refractivity contribution in [1.82, 2.24) is 4.98 Å². The van der Waals surface area contributed by atoms with E-state index in [9.17, 15) is 4.79 Å². The number of aryl methyl sites for hydroxylation is 1. The molecule has 0 bridgehead atoms. The maximum absolute atomic E-state index is 11.9. The first-order valence-electron chi connectivity index (χ1n) is 5.71. The lowest BCUT2D eigenvalue weighted by atomic mass is 10.4. The molecule has 3 heterocycles. The van der Waals surface area contributed by atoms with E-state index >= 15 is 0 Å². The van der Waals surface area contributed by atoms with Crippen LogP contribution in [-0.4, -0.2) is 10.9 Å². The van der Waals surface area contributed by atoms with Crippen molar-refractivity contribution in [3.63, 3.8) is 0 Å². The monoisotopic (exact) mass is 324 g/mol. The highest BCUT2D eigenvalue weighted by Crippen LogP contribution is 2.32. The number of aromatic nitrogens is 1. The van der Waals surface area contributed by atoms with Crippen LogP contribution in [0.5, 0.6) is 0 Å². The van der Waals surface area contributed by atoms with Gasteiger partial charge in [0.05, 0.1) is 14.9 Å². The minimum atomic E-state index is -0.303. The number of halogens is 1. The molecule has 7 heteroatoms. The minimum Gasteiger partial charge on any atom is -0.456 e. The van der Waals surface area contributed by atoms with Crippen molar-refractivity contribution in [2.75, 3.05) is 5.32 Å². The first-order valence-corrected chi connectivity index (χ1v) is 7.78. The number of furan rings is 1. The number of hydrogen-bond acceptors (Lipinski definition) is 5. The molecule has 0 aromatic carbocycles. The van der Waals surface area contributed by atoms with Crippen LogP contribution >= 0.6 is 34.3 Å². The highest BCUT2D eigenvalue weighted by atomic mass is 35.5. The second-order valence-corrected chi connectivity index (χ2v) is 6.58. The SMILES string of the molecule is Cc1ccc(C(=O)Nc2nc(-c3ccc(Cl)s3)cs2)o1. The molecule has 0 aliphatic carbocycles. The number of amides is 1. The molecule has 0 spiro atoms. The maximum Gasteiger partial charge on any atom is 0.293 e. The molecular weight excluding hydrogens is 316 g/mol. The van der Waals surface area contributed by atoms with Gasteiger partial charge < -0.3 is 4.42 Å². The molecule has 0 radical (unpaired) electrons. The molecule has 0 saturated heterocycles. The van der Waals surface area contributed by atoms with Crippen molar-refractivity contribution >= 4 is 45.3 Å². The summed E-state index contributed by atoms with van der Waals surface area (Å²) in [7, 11) is 0. The van der Waals surface area contributed by atoms with Gasteiger partial charge in [-0.2, -0.15) is 0 Å². The third-order valence-electron chi connectivity index (χ3n) is 2.51. The normalized spacial score (nSPS) is 10.7. The van der Waals surface area contributed by atoms with Crippen molar-refractivity contribution in [3.8, 4) is 10.6 Å². The Kier molecular flexibility index (Phi) is 3.60.